The second kappa shape index (κ2) is 11.7. The first-order valence-corrected chi connectivity index (χ1v) is 9.73. The topological polar surface area (TPSA) is 58.6 Å². The number of nitrogens with zero attached hydrogens (tertiary/aromatic N) is 1. The third-order valence-electron chi connectivity index (χ3n) is 4.66. The number of ether oxygens (including phenoxy) is 1. The molecule has 1 amide bonds. The summed E-state index contributed by atoms with van der Waals surface area (Å²) in [6.45, 7) is 13.4. The molecule has 0 aliphatic heterocycles. The zero-order valence-corrected chi connectivity index (χ0v) is 16.9. The fraction of sp³-hybridized carbons (Fsp3) is 0.619. The quantitative estimate of drug-likeness (QED) is 0.600. The number of hydrogen-bond donors (Lipinski definition) is 1. The van der Waals surface area contributed by atoms with Crippen LogP contribution >= 0.6 is 0 Å². The van der Waals surface area contributed by atoms with Gasteiger partial charge in [0.05, 0.1) is 5.56 Å². The van der Waals surface area contributed by atoms with Crippen LogP contribution in [0.2, 0.25) is 0 Å². The van der Waals surface area contributed by atoms with Gasteiger partial charge in [-0.3, -0.25) is 4.79 Å². The van der Waals surface area contributed by atoms with Gasteiger partial charge in [0.25, 0.3) is 0 Å². The van der Waals surface area contributed by atoms with Crippen molar-refractivity contribution < 1.29 is 14.3 Å². The van der Waals surface area contributed by atoms with E-state index in [4.69, 9.17) is 4.74 Å². The lowest BCUT2D eigenvalue weighted by Gasteiger charge is -2.19. The number of carbonyl (C=O) groups is 2. The third kappa shape index (κ3) is 7.16. The van der Waals surface area contributed by atoms with Crippen LogP contribution in [-0.4, -0.2) is 43.0 Å². The van der Waals surface area contributed by atoms with Gasteiger partial charge < -0.3 is 15.0 Å². The van der Waals surface area contributed by atoms with E-state index in [1.54, 1.807) is 24.3 Å². The molecule has 1 atom stereocenters. The Labute approximate surface area is 158 Å². The zero-order chi connectivity index (χ0) is 19.5. The molecule has 1 aromatic carbocycles. The molecule has 0 saturated heterocycles. The van der Waals surface area contributed by atoms with E-state index in [1.807, 2.05) is 0 Å². The summed E-state index contributed by atoms with van der Waals surface area (Å²) in [6.07, 6.45) is 1.86. The van der Waals surface area contributed by atoms with Crippen LogP contribution in [0, 0.1) is 11.8 Å². The van der Waals surface area contributed by atoms with Crippen molar-refractivity contribution in [3.05, 3.63) is 29.8 Å². The first kappa shape index (κ1) is 22.2. The molecule has 0 aliphatic rings. The molecule has 0 fully saturated rings. The van der Waals surface area contributed by atoms with Gasteiger partial charge in [0, 0.05) is 18.2 Å². The molecule has 0 heterocycles. The van der Waals surface area contributed by atoms with Crippen molar-refractivity contribution in [1.29, 1.82) is 0 Å². The minimum atomic E-state index is -0.332. The van der Waals surface area contributed by atoms with Crippen LogP contribution in [0.3, 0.4) is 0 Å². The van der Waals surface area contributed by atoms with E-state index < -0.39 is 0 Å². The molecule has 146 valence electrons. The molecule has 0 bridgehead atoms. The van der Waals surface area contributed by atoms with Crippen molar-refractivity contribution in [1.82, 2.24) is 4.90 Å². The summed E-state index contributed by atoms with van der Waals surface area (Å²) >= 11 is 0. The van der Waals surface area contributed by atoms with Gasteiger partial charge in [0.1, 0.15) is 6.61 Å². The SMILES string of the molecule is CCCC(C(=O)Nc1ccc(C(=O)OCCN(CC)CC)cc1)C(C)C. The van der Waals surface area contributed by atoms with Gasteiger partial charge >= 0.3 is 5.97 Å². The van der Waals surface area contributed by atoms with Crippen molar-refractivity contribution in [2.24, 2.45) is 11.8 Å². The molecule has 1 aromatic rings. The predicted octanol–water partition coefficient (Wildman–Crippen LogP) is 4.20. The second-order valence-corrected chi connectivity index (χ2v) is 6.87. The van der Waals surface area contributed by atoms with Gasteiger partial charge in [-0.05, 0) is 49.7 Å². The minimum absolute atomic E-state index is 0.00437. The fourth-order valence-electron chi connectivity index (χ4n) is 2.89. The first-order valence-electron chi connectivity index (χ1n) is 9.73. The molecule has 0 aliphatic carbocycles. The average molecular weight is 363 g/mol. The van der Waals surface area contributed by atoms with E-state index in [0.29, 0.717) is 23.8 Å². The number of hydrogen-bond acceptors (Lipinski definition) is 4. The van der Waals surface area contributed by atoms with Crippen molar-refractivity contribution in [2.75, 3.05) is 31.6 Å². The summed E-state index contributed by atoms with van der Waals surface area (Å²) in [6, 6.07) is 6.89. The minimum Gasteiger partial charge on any atom is -0.461 e. The Balaban J connectivity index is 2.57. The highest BCUT2D eigenvalue weighted by Crippen LogP contribution is 2.20. The molecular weight excluding hydrogens is 328 g/mol. The number of esters is 1. The van der Waals surface area contributed by atoms with E-state index in [-0.39, 0.29) is 17.8 Å². The molecule has 1 unspecified atom stereocenters. The third-order valence-corrected chi connectivity index (χ3v) is 4.66. The Morgan fingerprint density at radius 2 is 1.69 bits per heavy atom. The highest BCUT2D eigenvalue weighted by atomic mass is 16.5. The maximum absolute atomic E-state index is 12.4. The number of nitrogens with one attached hydrogen (secondary N) is 1. The highest BCUT2D eigenvalue weighted by molar-refractivity contribution is 5.94. The van der Waals surface area contributed by atoms with Crippen LogP contribution in [0.15, 0.2) is 24.3 Å². The molecule has 1 N–H and O–H groups in total. The van der Waals surface area contributed by atoms with Gasteiger partial charge in [-0.15, -0.1) is 0 Å². The van der Waals surface area contributed by atoms with Gasteiger partial charge in [-0.2, -0.15) is 0 Å². The lowest BCUT2D eigenvalue weighted by Crippen LogP contribution is -2.28. The van der Waals surface area contributed by atoms with Crippen molar-refractivity contribution in [2.45, 2.75) is 47.5 Å². The van der Waals surface area contributed by atoms with Crippen LogP contribution in [0.25, 0.3) is 0 Å². The molecule has 0 spiro atoms. The molecule has 0 aromatic heterocycles. The normalized spacial score (nSPS) is 12.3. The first-order chi connectivity index (χ1) is 12.4. The Morgan fingerprint density at radius 1 is 1.08 bits per heavy atom. The maximum Gasteiger partial charge on any atom is 0.338 e. The molecule has 0 saturated carbocycles. The number of anilines is 1. The van der Waals surface area contributed by atoms with Crippen LogP contribution < -0.4 is 5.32 Å². The number of carbonyl (C=O) groups excluding carboxylic acids is 2. The lowest BCUT2D eigenvalue weighted by atomic mass is 9.90. The van der Waals surface area contributed by atoms with Crippen LogP contribution in [0.4, 0.5) is 5.69 Å². The summed E-state index contributed by atoms with van der Waals surface area (Å²) in [7, 11) is 0. The van der Waals surface area contributed by atoms with E-state index in [0.717, 1.165) is 32.5 Å². The van der Waals surface area contributed by atoms with E-state index in [1.165, 1.54) is 0 Å². The fourth-order valence-corrected chi connectivity index (χ4v) is 2.89. The smallest absolute Gasteiger partial charge is 0.338 e. The Hall–Kier alpha value is -1.88. The van der Waals surface area contributed by atoms with Gasteiger partial charge in [0.15, 0.2) is 0 Å². The molecule has 0 radical (unpaired) electrons. The van der Waals surface area contributed by atoms with Crippen LogP contribution in [0.1, 0.15) is 57.8 Å². The van der Waals surface area contributed by atoms with Crippen molar-refractivity contribution in [3.63, 3.8) is 0 Å². The Bertz CT molecular complexity index is 551. The summed E-state index contributed by atoms with van der Waals surface area (Å²) in [4.78, 5) is 26.7. The molecule has 5 heteroatoms. The number of benzene rings is 1. The summed E-state index contributed by atoms with van der Waals surface area (Å²) in [5, 5.41) is 2.95. The van der Waals surface area contributed by atoms with Gasteiger partial charge in [-0.25, -0.2) is 4.79 Å². The molecule has 1 rings (SSSR count). The average Bonchev–Trinajstić information content (AvgIpc) is 2.63. The summed E-state index contributed by atoms with van der Waals surface area (Å²) in [5.41, 5.74) is 1.20. The van der Waals surface area contributed by atoms with Crippen molar-refractivity contribution in [3.8, 4) is 0 Å². The number of amides is 1. The Kier molecular flexibility index (Phi) is 9.96. The summed E-state index contributed by atoms with van der Waals surface area (Å²) in [5.74, 6) is 0.0113. The monoisotopic (exact) mass is 362 g/mol. The Morgan fingerprint density at radius 3 is 2.19 bits per heavy atom. The number of rotatable bonds is 11. The molecular formula is C21H34N2O3. The van der Waals surface area contributed by atoms with E-state index in [2.05, 4.69) is 44.8 Å². The van der Waals surface area contributed by atoms with Gasteiger partial charge in [0.2, 0.25) is 5.91 Å². The zero-order valence-electron chi connectivity index (χ0n) is 16.9. The highest BCUT2D eigenvalue weighted by Gasteiger charge is 2.21. The number of likely N-dealkylation sites (N-methyl/N-ethyl adjacent to an activating group) is 1. The van der Waals surface area contributed by atoms with Crippen LogP contribution in [-0.2, 0) is 9.53 Å². The van der Waals surface area contributed by atoms with Crippen LogP contribution in [0.5, 0.6) is 0 Å². The predicted molar refractivity (Wildman–Crippen MR) is 106 cm³/mol. The maximum atomic E-state index is 12.4. The largest absolute Gasteiger partial charge is 0.461 e. The summed E-state index contributed by atoms with van der Waals surface area (Å²) < 4.78 is 5.32. The second-order valence-electron chi connectivity index (χ2n) is 6.87. The standard InChI is InChI=1S/C21H34N2O3/c1-6-9-19(16(4)5)20(24)22-18-12-10-17(11-13-18)21(25)26-15-14-23(7-2)8-3/h10-13,16,19H,6-9,14-15H2,1-5H3,(H,22,24). The lowest BCUT2D eigenvalue weighted by molar-refractivity contribution is -0.121. The molecule has 26 heavy (non-hydrogen) atoms. The molecule has 5 nitrogen and oxygen atoms in total. The van der Waals surface area contributed by atoms with E-state index >= 15 is 0 Å². The van der Waals surface area contributed by atoms with Crippen molar-refractivity contribution >= 4 is 17.6 Å². The van der Waals surface area contributed by atoms with Gasteiger partial charge in [-0.1, -0.05) is 41.0 Å². The van der Waals surface area contributed by atoms with E-state index in [9.17, 15) is 9.59 Å².